The van der Waals surface area contributed by atoms with Gasteiger partial charge in [-0.05, 0) is 61.0 Å². The molecule has 0 unspecified atom stereocenters. The first-order valence-electron chi connectivity index (χ1n) is 11.3. The second kappa shape index (κ2) is 10.4. The van der Waals surface area contributed by atoms with Gasteiger partial charge >= 0.3 is 0 Å². The average Bonchev–Trinajstić information content (AvgIpc) is 2.88. The molecule has 1 aliphatic heterocycles. The molecule has 0 aliphatic carbocycles. The van der Waals surface area contributed by atoms with E-state index in [2.05, 4.69) is 4.90 Å². The average molecular weight is 498 g/mol. The number of benzene rings is 3. The van der Waals surface area contributed by atoms with Gasteiger partial charge in [-0.2, -0.15) is 0 Å². The summed E-state index contributed by atoms with van der Waals surface area (Å²) in [5.74, 6) is -0.232. The molecule has 1 amide bonds. The van der Waals surface area contributed by atoms with E-state index in [1.165, 1.54) is 31.4 Å². The number of ether oxygens (including phenoxy) is 1. The van der Waals surface area contributed by atoms with Crippen LogP contribution in [0.4, 0.5) is 15.8 Å². The summed E-state index contributed by atoms with van der Waals surface area (Å²) < 4.78 is 47.1. The highest BCUT2D eigenvalue weighted by Crippen LogP contribution is 2.33. The van der Waals surface area contributed by atoms with Crippen molar-refractivity contribution >= 4 is 27.3 Å². The number of hydrogen-bond donors (Lipinski definition) is 0. The molecule has 0 spiro atoms. The highest BCUT2D eigenvalue weighted by Gasteiger charge is 2.32. The first kappa shape index (κ1) is 24.5. The van der Waals surface area contributed by atoms with Crippen LogP contribution in [0.15, 0.2) is 77.7 Å². The Balaban J connectivity index is 1.58. The predicted molar refractivity (Wildman–Crippen MR) is 134 cm³/mol. The van der Waals surface area contributed by atoms with E-state index in [0.29, 0.717) is 37.6 Å². The molecule has 0 aromatic heterocycles. The molecule has 7 nitrogen and oxygen atoms in total. The zero-order valence-corrected chi connectivity index (χ0v) is 20.5. The van der Waals surface area contributed by atoms with Gasteiger partial charge in [0, 0.05) is 31.9 Å². The number of methoxy groups -OCH3 is 1. The van der Waals surface area contributed by atoms with Gasteiger partial charge in [0.15, 0.2) is 0 Å². The van der Waals surface area contributed by atoms with E-state index >= 15 is 0 Å². The molecule has 1 heterocycles. The van der Waals surface area contributed by atoms with Crippen LogP contribution >= 0.6 is 0 Å². The smallest absolute Gasteiger partial charge is 0.264 e. The Morgan fingerprint density at radius 2 is 1.63 bits per heavy atom. The standard InChI is InChI=1S/C26H28FN3O4S/c1-20-8-13-25(34-2)24(18-20)30(35(32,33)23-6-4-3-5-7-23)19-26(31)29-16-14-28(15-17-29)22-11-9-21(27)10-12-22/h3-13,18H,14-17,19H2,1-2H3. The molecule has 0 N–H and O–H groups in total. The maximum atomic E-state index is 13.7. The fourth-order valence-electron chi connectivity index (χ4n) is 4.10. The quantitative estimate of drug-likeness (QED) is 0.498. The monoisotopic (exact) mass is 497 g/mol. The van der Waals surface area contributed by atoms with Gasteiger partial charge in [0.2, 0.25) is 5.91 Å². The van der Waals surface area contributed by atoms with E-state index in [4.69, 9.17) is 4.74 Å². The van der Waals surface area contributed by atoms with Crippen molar-refractivity contribution in [2.45, 2.75) is 11.8 Å². The van der Waals surface area contributed by atoms with Gasteiger partial charge in [-0.3, -0.25) is 9.10 Å². The topological polar surface area (TPSA) is 70.2 Å². The zero-order valence-electron chi connectivity index (χ0n) is 19.7. The number of sulfonamides is 1. The molecule has 1 fully saturated rings. The van der Waals surface area contributed by atoms with Crippen LogP contribution in [0.5, 0.6) is 5.75 Å². The minimum absolute atomic E-state index is 0.0949. The summed E-state index contributed by atoms with van der Waals surface area (Å²) in [7, 11) is -2.56. The Bertz CT molecular complexity index is 1280. The highest BCUT2D eigenvalue weighted by molar-refractivity contribution is 7.92. The Morgan fingerprint density at radius 1 is 0.971 bits per heavy atom. The maximum Gasteiger partial charge on any atom is 0.264 e. The van der Waals surface area contributed by atoms with Gasteiger partial charge in [-0.1, -0.05) is 24.3 Å². The number of amides is 1. The predicted octanol–water partition coefficient (Wildman–Crippen LogP) is 3.69. The summed E-state index contributed by atoms with van der Waals surface area (Å²) in [4.78, 5) is 17.2. The largest absolute Gasteiger partial charge is 0.495 e. The number of piperazine rings is 1. The highest BCUT2D eigenvalue weighted by atomic mass is 32.2. The van der Waals surface area contributed by atoms with Crippen LogP contribution in [0.2, 0.25) is 0 Å². The summed E-state index contributed by atoms with van der Waals surface area (Å²) in [6.45, 7) is 3.49. The van der Waals surface area contributed by atoms with Gasteiger partial charge in [0.25, 0.3) is 10.0 Å². The third-order valence-electron chi connectivity index (χ3n) is 6.04. The van der Waals surface area contributed by atoms with Crippen LogP contribution in [0.1, 0.15) is 5.56 Å². The number of anilines is 2. The SMILES string of the molecule is COc1ccc(C)cc1N(CC(=O)N1CCN(c2ccc(F)cc2)CC1)S(=O)(=O)c1ccccc1. The molecule has 0 bridgehead atoms. The minimum Gasteiger partial charge on any atom is -0.495 e. The Kier molecular flexibility index (Phi) is 7.25. The zero-order chi connectivity index (χ0) is 25.0. The van der Waals surface area contributed by atoms with Crippen molar-refractivity contribution in [3.63, 3.8) is 0 Å². The second-order valence-electron chi connectivity index (χ2n) is 8.34. The van der Waals surface area contributed by atoms with Gasteiger partial charge in [-0.15, -0.1) is 0 Å². The minimum atomic E-state index is -4.04. The van der Waals surface area contributed by atoms with Crippen LogP contribution in [0.3, 0.4) is 0 Å². The second-order valence-corrected chi connectivity index (χ2v) is 10.2. The van der Waals surface area contributed by atoms with Crippen molar-refractivity contribution in [2.75, 3.05) is 49.0 Å². The fourth-order valence-corrected chi connectivity index (χ4v) is 5.54. The number of hydrogen-bond acceptors (Lipinski definition) is 5. The number of aryl methyl sites for hydroxylation is 1. The summed E-state index contributed by atoms with van der Waals surface area (Å²) in [6, 6.07) is 19.5. The Hall–Kier alpha value is -3.59. The summed E-state index contributed by atoms with van der Waals surface area (Å²) in [5.41, 5.74) is 2.04. The summed E-state index contributed by atoms with van der Waals surface area (Å²) in [6.07, 6.45) is 0. The molecule has 3 aromatic rings. The van der Waals surface area contributed by atoms with E-state index < -0.39 is 10.0 Å². The van der Waals surface area contributed by atoms with Crippen molar-refractivity contribution in [2.24, 2.45) is 0 Å². The summed E-state index contributed by atoms with van der Waals surface area (Å²) in [5, 5.41) is 0. The normalized spacial score (nSPS) is 14.0. The van der Waals surface area contributed by atoms with Crippen LogP contribution in [0.25, 0.3) is 0 Å². The van der Waals surface area contributed by atoms with Crippen molar-refractivity contribution in [1.82, 2.24) is 4.90 Å². The van der Waals surface area contributed by atoms with Gasteiger partial charge < -0.3 is 14.5 Å². The molecule has 35 heavy (non-hydrogen) atoms. The van der Waals surface area contributed by atoms with Crippen molar-refractivity contribution in [3.8, 4) is 5.75 Å². The molecule has 1 saturated heterocycles. The molecule has 0 atom stereocenters. The Labute approximate surface area is 205 Å². The van der Waals surface area contributed by atoms with Crippen LogP contribution in [0, 0.1) is 12.7 Å². The lowest BCUT2D eigenvalue weighted by Gasteiger charge is -2.37. The molecule has 1 aliphatic rings. The lowest BCUT2D eigenvalue weighted by molar-refractivity contribution is -0.129. The molecular formula is C26H28FN3O4S. The maximum absolute atomic E-state index is 13.7. The van der Waals surface area contributed by atoms with Gasteiger partial charge in [0.1, 0.15) is 18.1 Å². The molecular weight excluding hydrogens is 469 g/mol. The van der Waals surface area contributed by atoms with E-state index in [0.717, 1.165) is 15.6 Å². The van der Waals surface area contributed by atoms with E-state index in [-0.39, 0.29) is 23.2 Å². The van der Waals surface area contributed by atoms with Crippen molar-refractivity contribution in [3.05, 3.63) is 84.2 Å². The molecule has 3 aromatic carbocycles. The molecule has 4 rings (SSSR count). The van der Waals surface area contributed by atoms with Gasteiger partial charge in [-0.25, -0.2) is 12.8 Å². The van der Waals surface area contributed by atoms with Crippen LogP contribution < -0.4 is 13.9 Å². The molecule has 9 heteroatoms. The molecule has 184 valence electrons. The van der Waals surface area contributed by atoms with Crippen LogP contribution in [-0.2, 0) is 14.8 Å². The Morgan fingerprint density at radius 3 is 2.26 bits per heavy atom. The molecule has 0 radical (unpaired) electrons. The molecule has 0 saturated carbocycles. The van der Waals surface area contributed by atoms with Crippen LogP contribution in [-0.4, -0.2) is 59.1 Å². The lowest BCUT2D eigenvalue weighted by Crippen LogP contribution is -2.52. The van der Waals surface area contributed by atoms with E-state index in [9.17, 15) is 17.6 Å². The van der Waals surface area contributed by atoms with E-state index in [1.807, 2.05) is 13.0 Å². The number of rotatable bonds is 7. The number of nitrogens with zero attached hydrogens (tertiary/aromatic N) is 3. The first-order chi connectivity index (χ1) is 16.8. The van der Waals surface area contributed by atoms with Crippen molar-refractivity contribution in [1.29, 1.82) is 0 Å². The third kappa shape index (κ3) is 5.40. The van der Waals surface area contributed by atoms with Gasteiger partial charge in [0.05, 0.1) is 17.7 Å². The lowest BCUT2D eigenvalue weighted by atomic mass is 10.2. The van der Waals surface area contributed by atoms with E-state index in [1.54, 1.807) is 47.4 Å². The van der Waals surface area contributed by atoms with Crippen molar-refractivity contribution < 1.29 is 22.3 Å². The number of carbonyl (C=O) groups is 1. The third-order valence-corrected chi connectivity index (χ3v) is 7.81. The first-order valence-corrected chi connectivity index (χ1v) is 12.7. The number of halogens is 1. The summed E-state index contributed by atoms with van der Waals surface area (Å²) >= 11 is 0. The number of carbonyl (C=O) groups excluding carboxylic acids is 1. The fraction of sp³-hybridized carbons (Fsp3) is 0.269.